The maximum Gasteiger partial charge on any atom is 0.415 e. The Morgan fingerprint density at radius 3 is 2.50 bits per heavy atom. The molecule has 0 N–H and O–H groups in total. The molecular formula is C19H19F3N2O2. The molecule has 1 aliphatic heterocycles. The topological polar surface area (TPSA) is 32.8 Å². The van der Waals surface area contributed by atoms with Crippen LogP contribution in [0.1, 0.15) is 12.8 Å². The number of amides is 1. The molecule has 3 rings (SSSR count). The zero-order valence-electron chi connectivity index (χ0n) is 14.5. The Morgan fingerprint density at radius 1 is 1.12 bits per heavy atom. The summed E-state index contributed by atoms with van der Waals surface area (Å²) in [4.78, 5) is 15.7. The molecule has 1 heterocycles. The molecule has 1 atom stereocenters. The summed E-state index contributed by atoms with van der Waals surface area (Å²) in [5.74, 6) is -3.33. The Kier molecular flexibility index (Phi) is 5.18. The van der Waals surface area contributed by atoms with Crippen LogP contribution in [-0.4, -0.2) is 37.9 Å². The van der Waals surface area contributed by atoms with Crippen molar-refractivity contribution >= 4 is 11.8 Å². The van der Waals surface area contributed by atoms with E-state index in [4.69, 9.17) is 4.74 Å². The molecule has 1 saturated heterocycles. The Bertz CT molecular complexity index is 828. The summed E-state index contributed by atoms with van der Waals surface area (Å²) < 4.78 is 46.5. The summed E-state index contributed by atoms with van der Waals surface area (Å²) in [7, 11) is 3.36. The van der Waals surface area contributed by atoms with Crippen LogP contribution in [-0.2, 0) is 4.74 Å². The van der Waals surface area contributed by atoms with E-state index in [2.05, 4.69) is 0 Å². The van der Waals surface area contributed by atoms with Crippen LogP contribution in [0.5, 0.6) is 0 Å². The summed E-state index contributed by atoms with van der Waals surface area (Å²) in [5.41, 5.74) is 0.475. The monoisotopic (exact) mass is 364 g/mol. The Hall–Kier alpha value is -2.54. The van der Waals surface area contributed by atoms with E-state index in [-0.39, 0.29) is 17.4 Å². The van der Waals surface area contributed by atoms with Gasteiger partial charge in [0.15, 0.2) is 17.9 Å². The van der Waals surface area contributed by atoms with Gasteiger partial charge in [-0.25, -0.2) is 18.0 Å². The fourth-order valence-corrected chi connectivity index (χ4v) is 3.05. The highest BCUT2D eigenvalue weighted by atomic mass is 19.2. The summed E-state index contributed by atoms with van der Waals surface area (Å²) in [6.45, 7) is 0.846. The lowest BCUT2D eigenvalue weighted by molar-refractivity contribution is 0.0315. The second kappa shape index (κ2) is 7.37. The van der Waals surface area contributed by atoms with Gasteiger partial charge >= 0.3 is 6.09 Å². The van der Waals surface area contributed by atoms with Crippen LogP contribution in [0, 0.1) is 17.5 Å². The number of halogens is 3. The molecule has 0 bridgehead atoms. The van der Waals surface area contributed by atoms with Crippen molar-refractivity contribution in [3.63, 3.8) is 0 Å². The smallest absolute Gasteiger partial charge is 0.415 e. The van der Waals surface area contributed by atoms with Gasteiger partial charge in [0.05, 0.1) is 5.69 Å². The van der Waals surface area contributed by atoms with Crippen LogP contribution in [0.25, 0.3) is 11.1 Å². The second-order valence-corrected chi connectivity index (χ2v) is 6.28. The lowest BCUT2D eigenvalue weighted by atomic mass is 10.0. The number of hydrogen-bond acceptors (Lipinski definition) is 3. The third-order valence-corrected chi connectivity index (χ3v) is 4.53. The molecule has 4 nitrogen and oxygen atoms in total. The van der Waals surface area contributed by atoms with Gasteiger partial charge in [0.25, 0.3) is 0 Å². The minimum atomic E-state index is -1.26. The molecule has 26 heavy (non-hydrogen) atoms. The molecule has 0 radical (unpaired) electrons. The quantitative estimate of drug-likeness (QED) is 0.757. The summed E-state index contributed by atoms with van der Waals surface area (Å²) in [5, 5.41) is 0. The van der Waals surface area contributed by atoms with Gasteiger partial charge in [-0.1, -0.05) is 18.2 Å². The van der Waals surface area contributed by atoms with Crippen LogP contribution in [0.2, 0.25) is 0 Å². The number of anilines is 1. The molecule has 0 spiro atoms. The largest absolute Gasteiger partial charge is 0.430 e. The average molecular weight is 364 g/mol. The van der Waals surface area contributed by atoms with Crippen LogP contribution in [0.4, 0.5) is 23.7 Å². The van der Waals surface area contributed by atoms with Crippen LogP contribution in [0.3, 0.4) is 0 Å². The van der Waals surface area contributed by atoms with Crippen LogP contribution >= 0.6 is 0 Å². The van der Waals surface area contributed by atoms with E-state index >= 15 is 0 Å². The van der Waals surface area contributed by atoms with Crippen molar-refractivity contribution < 1.29 is 22.7 Å². The Balaban J connectivity index is 1.92. The van der Waals surface area contributed by atoms with Gasteiger partial charge in [0.1, 0.15) is 5.82 Å². The molecule has 0 aromatic heterocycles. The van der Waals surface area contributed by atoms with Crippen molar-refractivity contribution in [2.24, 2.45) is 0 Å². The minimum Gasteiger partial charge on any atom is -0.430 e. The molecule has 0 saturated carbocycles. The van der Waals surface area contributed by atoms with E-state index in [1.54, 1.807) is 18.2 Å². The normalized spacial score (nSPS) is 17.3. The van der Waals surface area contributed by atoms with Crippen molar-refractivity contribution in [1.82, 2.24) is 4.90 Å². The number of carbonyl (C=O) groups is 1. The third-order valence-electron chi connectivity index (χ3n) is 4.53. The summed E-state index contributed by atoms with van der Waals surface area (Å²) >= 11 is 0. The van der Waals surface area contributed by atoms with E-state index < -0.39 is 23.5 Å². The first-order valence-electron chi connectivity index (χ1n) is 8.27. The molecule has 7 heteroatoms. The zero-order valence-corrected chi connectivity index (χ0v) is 14.5. The number of rotatable bonds is 3. The highest BCUT2D eigenvalue weighted by molar-refractivity contribution is 5.93. The number of ether oxygens (including phenoxy) is 1. The van der Waals surface area contributed by atoms with Crippen molar-refractivity contribution in [1.29, 1.82) is 0 Å². The fraction of sp³-hybridized carbons (Fsp3) is 0.316. The lowest BCUT2D eigenvalue weighted by Gasteiger charge is -2.25. The number of benzene rings is 2. The number of para-hydroxylation sites is 1. The van der Waals surface area contributed by atoms with E-state index in [9.17, 15) is 18.0 Å². The van der Waals surface area contributed by atoms with Crippen LogP contribution in [0.15, 0.2) is 36.4 Å². The molecule has 138 valence electrons. The van der Waals surface area contributed by atoms with Gasteiger partial charge in [-0.05, 0) is 32.0 Å². The van der Waals surface area contributed by atoms with Gasteiger partial charge in [0, 0.05) is 30.8 Å². The third kappa shape index (κ3) is 3.53. The highest BCUT2D eigenvalue weighted by Crippen LogP contribution is 2.33. The van der Waals surface area contributed by atoms with E-state index in [1.807, 2.05) is 11.9 Å². The van der Waals surface area contributed by atoms with Crippen LogP contribution < -0.4 is 4.90 Å². The summed E-state index contributed by atoms with van der Waals surface area (Å²) in [6.07, 6.45) is 0.779. The van der Waals surface area contributed by atoms with Crippen molar-refractivity contribution in [3.8, 4) is 11.1 Å². The predicted octanol–water partition coefficient (Wildman–Crippen LogP) is 4.40. The standard InChI is InChI=1S/C19H19F3N2O2/c1-23-9-5-8-18(23)26-19(25)24(2)17-7-4-3-6-12(17)13-10-15(21)16(22)11-14(13)20/h3-4,6-7,10-11,18H,5,8-9H2,1-2H3/t18-/m0/s1. The SMILES string of the molecule is CN(C(=O)O[C@H]1CCCN1C)c1ccccc1-c1cc(F)c(F)cc1F. The summed E-state index contributed by atoms with van der Waals surface area (Å²) in [6, 6.07) is 7.71. The molecule has 2 aromatic rings. The van der Waals surface area contributed by atoms with Gasteiger partial charge < -0.3 is 4.74 Å². The van der Waals surface area contributed by atoms with Gasteiger partial charge in [0.2, 0.25) is 0 Å². The molecular weight excluding hydrogens is 345 g/mol. The Morgan fingerprint density at radius 2 is 1.81 bits per heavy atom. The second-order valence-electron chi connectivity index (χ2n) is 6.28. The highest BCUT2D eigenvalue weighted by Gasteiger charge is 2.27. The van der Waals surface area contributed by atoms with Gasteiger partial charge in [-0.2, -0.15) is 0 Å². The average Bonchev–Trinajstić information content (AvgIpc) is 3.02. The number of likely N-dealkylation sites (tertiary alicyclic amines) is 1. The minimum absolute atomic E-state index is 0.128. The van der Waals surface area contributed by atoms with Crippen molar-refractivity contribution in [3.05, 3.63) is 53.8 Å². The molecule has 0 unspecified atom stereocenters. The Labute approximate surface area is 149 Å². The molecule has 1 fully saturated rings. The van der Waals surface area contributed by atoms with Gasteiger partial charge in [-0.3, -0.25) is 9.80 Å². The molecule has 1 aliphatic rings. The molecule has 1 amide bonds. The fourth-order valence-electron chi connectivity index (χ4n) is 3.05. The first-order chi connectivity index (χ1) is 12.4. The number of nitrogens with zero attached hydrogens (tertiary/aromatic N) is 2. The maximum absolute atomic E-state index is 14.2. The molecule has 0 aliphatic carbocycles. The number of carbonyl (C=O) groups excluding carboxylic acids is 1. The number of hydrogen-bond donors (Lipinski definition) is 0. The van der Waals surface area contributed by atoms with E-state index in [0.29, 0.717) is 11.8 Å². The first kappa shape index (κ1) is 18.3. The van der Waals surface area contributed by atoms with Crippen molar-refractivity contribution in [2.75, 3.05) is 25.5 Å². The first-order valence-corrected chi connectivity index (χ1v) is 8.27. The lowest BCUT2D eigenvalue weighted by Crippen LogP contribution is -2.36. The zero-order chi connectivity index (χ0) is 18.8. The predicted molar refractivity (Wildman–Crippen MR) is 92.3 cm³/mol. The molecule has 2 aromatic carbocycles. The van der Waals surface area contributed by atoms with E-state index in [1.165, 1.54) is 18.0 Å². The maximum atomic E-state index is 14.2. The van der Waals surface area contributed by atoms with Crippen molar-refractivity contribution in [2.45, 2.75) is 19.1 Å². The van der Waals surface area contributed by atoms with Gasteiger partial charge in [-0.15, -0.1) is 0 Å². The van der Waals surface area contributed by atoms with E-state index in [0.717, 1.165) is 25.5 Å².